The maximum atomic E-state index is 12.6. The van der Waals surface area contributed by atoms with E-state index in [1.807, 2.05) is 0 Å². The van der Waals surface area contributed by atoms with Gasteiger partial charge < -0.3 is 0 Å². The van der Waals surface area contributed by atoms with Gasteiger partial charge in [-0.05, 0) is 0 Å². The number of ether oxygens (including phenoxy) is 1. The first-order chi connectivity index (χ1) is 11.8. The molecule has 2 fully saturated rings. The zero-order valence-corrected chi connectivity index (χ0v) is 16.9. The maximum absolute atomic E-state index is 12.6. The SMILES string of the molecule is COC(=O)[C@H]1[C@@H]2CC[C@@H](C2)[C@H]1[Sn]([c]1ccccc1)[c]1ccccc1. The fraction of sp³-hybridized carbons (Fsp3) is 0.381. The Hall–Kier alpha value is -1.29. The van der Waals surface area contributed by atoms with E-state index in [-0.39, 0.29) is 11.9 Å². The minimum absolute atomic E-state index is 0.0390. The Kier molecular flexibility index (Phi) is 4.66. The molecule has 0 amide bonds. The summed E-state index contributed by atoms with van der Waals surface area (Å²) in [7, 11) is 1.56. The van der Waals surface area contributed by atoms with Gasteiger partial charge in [0.25, 0.3) is 0 Å². The second-order valence-corrected chi connectivity index (χ2v) is 14.6. The van der Waals surface area contributed by atoms with Crippen LogP contribution in [-0.4, -0.2) is 32.8 Å². The van der Waals surface area contributed by atoms with E-state index in [0.29, 0.717) is 15.8 Å². The molecular formula is C21H23O2Sn. The zero-order valence-electron chi connectivity index (χ0n) is 14.0. The van der Waals surface area contributed by atoms with Crippen LogP contribution in [0.25, 0.3) is 0 Å². The number of benzene rings is 2. The van der Waals surface area contributed by atoms with Gasteiger partial charge in [0.2, 0.25) is 0 Å². The molecule has 4 atom stereocenters. The van der Waals surface area contributed by atoms with Crippen molar-refractivity contribution in [1.82, 2.24) is 0 Å². The molecule has 2 nitrogen and oxygen atoms in total. The Bertz CT molecular complexity index is 661. The van der Waals surface area contributed by atoms with Crippen LogP contribution in [0, 0.1) is 17.8 Å². The van der Waals surface area contributed by atoms with E-state index < -0.39 is 19.8 Å². The average molecular weight is 426 g/mol. The van der Waals surface area contributed by atoms with E-state index in [1.54, 1.807) is 7.11 Å². The summed E-state index contributed by atoms with van der Waals surface area (Å²) >= 11 is -2.20. The van der Waals surface area contributed by atoms with E-state index in [0.717, 1.165) is 0 Å². The third-order valence-corrected chi connectivity index (χ3v) is 15.6. The second kappa shape index (κ2) is 6.91. The minimum atomic E-state index is -2.20. The van der Waals surface area contributed by atoms with Gasteiger partial charge in [-0.2, -0.15) is 0 Å². The first-order valence-corrected chi connectivity index (χ1v) is 13.4. The van der Waals surface area contributed by atoms with E-state index in [9.17, 15) is 4.79 Å². The van der Waals surface area contributed by atoms with Crippen molar-refractivity contribution < 1.29 is 9.53 Å². The number of hydrogen-bond acceptors (Lipinski definition) is 2. The Morgan fingerprint density at radius 2 is 1.46 bits per heavy atom. The molecule has 0 unspecified atom stereocenters. The normalized spacial score (nSPS) is 28.2. The molecule has 2 bridgehead atoms. The molecule has 2 aromatic rings. The average Bonchev–Trinajstić information content (AvgIpc) is 3.25. The van der Waals surface area contributed by atoms with Gasteiger partial charge in [-0.3, -0.25) is 0 Å². The van der Waals surface area contributed by atoms with Crippen molar-refractivity contribution >= 4 is 32.9 Å². The quantitative estimate of drug-likeness (QED) is 0.556. The predicted octanol–water partition coefficient (Wildman–Crippen LogP) is 2.88. The van der Waals surface area contributed by atoms with Crippen LogP contribution in [0.2, 0.25) is 3.93 Å². The molecule has 0 heterocycles. The molecule has 123 valence electrons. The monoisotopic (exact) mass is 427 g/mol. The molecular weight excluding hydrogens is 403 g/mol. The molecule has 0 aliphatic heterocycles. The third-order valence-electron chi connectivity index (χ3n) is 5.89. The van der Waals surface area contributed by atoms with Gasteiger partial charge in [0, 0.05) is 0 Å². The van der Waals surface area contributed by atoms with Gasteiger partial charge in [-0.1, -0.05) is 0 Å². The van der Waals surface area contributed by atoms with Gasteiger partial charge in [0.05, 0.1) is 0 Å². The first-order valence-electron chi connectivity index (χ1n) is 8.85. The van der Waals surface area contributed by atoms with E-state index in [1.165, 1.54) is 26.4 Å². The van der Waals surface area contributed by atoms with Crippen molar-refractivity contribution in [3.05, 3.63) is 60.7 Å². The van der Waals surface area contributed by atoms with Crippen molar-refractivity contribution in [2.24, 2.45) is 17.8 Å². The van der Waals surface area contributed by atoms with Crippen LogP contribution < -0.4 is 7.16 Å². The first kappa shape index (κ1) is 16.2. The molecule has 24 heavy (non-hydrogen) atoms. The molecule has 1 radical (unpaired) electrons. The number of fused-ring (bicyclic) bond motifs is 2. The third kappa shape index (κ3) is 2.79. The van der Waals surface area contributed by atoms with Gasteiger partial charge in [-0.25, -0.2) is 0 Å². The fourth-order valence-corrected chi connectivity index (χ4v) is 15.7. The molecule has 2 saturated carbocycles. The molecule has 0 spiro atoms. The van der Waals surface area contributed by atoms with Crippen LogP contribution in [0.5, 0.6) is 0 Å². The van der Waals surface area contributed by atoms with Crippen molar-refractivity contribution in [3.8, 4) is 0 Å². The molecule has 4 rings (SSSR count). The van der Waals surface area contributed by atoms with Crippen molar-refractivity contribution in [2.45, 2.75) is 23.2 Å². The van der Waals surface area contributed by atoms with Gasteiger partial charge in [0.15, 0.2) is 0 Å². The summed E-state index contributed by atoms with van der Waals surface area (Å²) in [5.74, 6) is 1.44. The van der Waals surface area contributed by atoms with Crippen LogP contribution in [0.15, 0.2) is 60.7 Å². The molecule has 0 aromatic heterocycles. The van der Waals surface area contributed by atoms with E-state index >= 15 is 0 Å². The summed E-state index contributed by atoms with van der Waals surface area (Å²) in [6.07, 6.45) is 3.74. The van der Waals surface area contributed by atoms with Gasteiger partial charge in [-0.15, -0.1) is 0 Å². The number of methoxy groups -OCH3 is 1. The molecule has 2 aromatic carbocycles. The van der Waals surface area contributed by atoms with Crippen LogP contribution in [0.1, 0.15) is 19.3 Å². The summed E-state index contributed by atoms with van der Waals surface area (Å²) in [6.45, 7) is 0. The number of esters is 1. The summed E-state index contributed by atoms with van der Waals surface area (Å²) < 4.78 is 8.80. The van der Waals surface area contributed by atoms with E-state index in [4.69, 9.17) is 4.74 Å². The molecule has 0 saturated heterocycles. The van der Waals surface area contributed by atoms with Gasteiger partial charge in [0.1, 0.15) is 0 Å². The van der Waals surface area contributed by atoms with Crippen LogP contribution in [-0.2, 0) is 9.53 Å². The number of carbonyl (C=O) groups is 1. The Labute approximate surface area is 151 Å². The summed E-state index contributed by atoms with van der Waals surface area (Å²) in [5, 5.41) is 0. The molecule has 3 heteroatoms. The summed E-state index contributed by atoms with van der Waals surface area (Å²) in [6, 6.07) is 22.0. The fourth-order valence-electron chi connectivity index (χ4n) is 4.97. The molecule has 2 aliphatic carbocycles. The Balaban J connectivity index is 1.80. The topological polar surface area (TPSA) is 26.3 Å². The molecule has 0 N–H and O–H groups in total. The molecule has 2 aliphatic rings. The standard InChI is InChI=1S/C9H13O2.2C6H5.Sn/c1-11-9(10)8-5-6-2-3-7(8)4-6;2*1-2-4-6-5-3-1;/h5-8H,2-4H2,1H3;2*1-5H;/t6-,7+,8+;;;/m0.../s1. The number of hydrogen-bond donors (Lipinski definition) is 0. The van der Waals surface area contributed by atoms with E-state index in [2.05, 4.69) is 60.7 Å². The van der Waals surface area contributed by atoms with Crippen molar-refractivity contribution in [2.75, 3.05) is 7.11 Å². The number of carbonyl (C=O) groups excluding carboxylic acids is 1. The summed E-state index contributed by atoms with van der Waals surface area (Å²) in [5.41, 5.74) is 0. The number of rotatable bonds is 4. The van der Waals surface area contributed by atoms with Crippen molar-refractivity contribution in [1.29, 1.82) is 0 Å². The second-order valence-electron chi connectivity index (χ2n) is 7.05. The van der Waals surface area contributed by atoms with Gasteiger partial charge >= 0.3 is 151 Å². The van der Waals surface area contributed by atoms with Crippen LogP contribution >= 0.6 is 0 Å². The zero-order chi connectivity index (χ0) is 16.5. The van der Waals surface area contributed by atoms with Crippen LogP contribution in [0.3, 0.4) is 0 Å². The Morgan fingerprint density at radius 3 is 2.00 bits per heavy atom. The predicted molar refractivity (Wildman–Crippen MR) is 98.0 cm³/mol. The van der Waals surface area contributed by atoms with Crippen molar-refractivity contribution in [3.63, 3.8) is 0 Å². The van der Waals surface area contributed by atoms with Crippen LogP contribution in [0.4, 0.5) is 0 Å². The Morgan fingerprint density at radius 1 is 0.917 bits per heavy atom. The summed E-state index contributed by atoms with van der Waals surface area (Å²) in [4.78, 5) is 12.6.